The third kappa shape index (κ3) is 3.62. The van der Waals surface area contributed by atoms with Gasteiger partial charge in [-0.05, 0) is 35.9 Å². The maximum Gasteiger partial charge on any atom is 0.416 e. The van der Waals surface area contributed by atoms with Crippen LogP contribution in [0.3, 0.4) is 0 Å². The van der Waals surface area contributed by atoms with Crippen LogP contribution in [0.15, 0.2) is 85.6 Å². The first-order chi connectivity index (χ1) is 15.2. The summed E-state index contributed by atoms with van der Waals surface area (Å²) in [7, 11) is 0. The van der Waals surface area contributed by atoms with Gasteiger partial charge in [0.25, 0.3) is 0 Å². The molecule has 1 N–H and O–H groups in total. The average Bonchev–Trinajstić information content (AvgIpc) is 3.46. The molecular formula is C23H17N5O3. The van der Waals surface area contributed by atoms with Gasteiger partial charge in [-0.1, -0.05) is 30.3 Å². The van der Waals surface area contributed by atoms with E-state index >= 15 is 0 Å². The predicted molar refractivity (Wildman–Crippen MR) is 114 cm³/mol. The zero-order chi connectivity index (χ0) is 21.2. The van der Waals surface area contributed by atoms with Crippen LogP contribution in [0.2, 0.25) is 0 Å². The summed E-state index contributed by atoms with van der Waals surface area (Å²) in [5, 5.41) is 14.7. The number of rotatable bonds is 5. The fourth-order valence-corrected chi connectivity index (χ4v) is 3.43. The van der Waals surface area contributed by atoms with Gasteiger partial charge in [0.05, 0.1) is 11.2 Å². The number of hydrogen-bond acceptors (Lipinski definition) is 5. The van der Waals surface area contributed by atoms with Crippen molar-refractivity contribution in [2.75, 3.05) is 0 Å². The van der Waals surface area contributed by atoms with Gasteiger partial charge in [0.15, 0.2) is 5.82 Å². The highest BCUT2D eigenvalue weighted by atomic mass is 16.5. The molecular weight excluding hydrogens is 394 g/mol. The first kappa shape index (κ1) is 18.6. The molecule has 0 spiro atoms. The molecule has 8 nitrogen and oxygen atoms in total. The van der Waals surface area contributed by atoms with E-state index in [9.17, 15) is 9.90 Å². The Morgan fingerprint density at radius 3 is 2.61 bits per heavy atom. The number of benzene rings is 2. The smallest absolute Gasteiger partial charge is 0.416 e. The van der Waals surface area contributed by atoms with E-state index in [1.165, 1.54) is 15.6 Å². The number of pyridine rings is 1. The van der Waals surface area contributed by atoms with E-state index in [1.54, 1.807) is 24.7 Å². The van der Waals surface area contributed by atoms with E-state index in [1.807, 2.05) is 54.6 Å². The molecule has 152 valence electrons. The lowest BCUT2D eigenvalue weighted by Crippen LogP contribution is -2.09. The van der Waals surface area contributed by atoms with E-state index in [4.69, 9.17) is 4.74 Å². The van der Waals surface area contributed by atoms with Crippen molar-refractivity contribution >= 4 is 17.0 Å². The van der Waals surface area contributed by atoms with Gasteiger partial charge in [0.1, 0.15) is 25.0 Å². The Hall–Kier alpha value is -4.46. The highest BCUT2D eigenvalue weighted by Crippen LogP contribution is 2.31. The Bertz CT molecular complexity index is 1340. The largest absolute Gasteiger partial charge is 0.489 e. The monoisotopic (exact) mass is 411 g/mol. The fourth-order valence-electron chi connectivity index (χ4n) is 3.43. The van der Waals surface area contributed by atoms with Crippen molar-refractivity contribution in [2.24, 2.45) is 0 Å². The minimum absolute atomic E-state index is 0.403. The van der Waals surface area contributed by atoms with Crippen molar-refractivity contribution in [1.29, 1.82) is 0 Å². The topological polar surface area (TPSA) is 95.1 Å². The molecule has 0 aliphatic carbocycles. The van der Waals surface area contributed by atoms with Crippen molar-refractivity contribution in [3.8, 4) is 22.8 Å². The molecule has 0 unspecified atom stereocenters. The van der Waals surface area contributed by atoms with Crippen LogP contribution in [0.5, 0.6) is 5.75 Å². The molecule has 3 heterocycles. The maximum absolute atomic E-state index is 12.1. The third-order valence-electron chi connectivity index (χ3n) is 4.91. The molecule has 0 aliphatic heterocycles. The quantitative estimate of drug-likeness (QED) is 0.461. The molecule has 0 aliphatic rings. The zero-order valence-electron chi connectivity index (χ0n) is 16.3. The van der Waals surface area contributed by atoms with E-state index in [-0.39, 0.29) is 0 Å². The number of ether oxygens (including phenoxy) is 1. The molecule has 2 aromatic carbocycles. The van der Waals surface area contributed by atoms with Crippen molar-refractivity contribution in [2.45, 2.75) is 6.61 Å². The number of nitrogens with zero attached hydrogens (tertiary/aromatic N) is 5. The SMILES string of the molecule is O=C(O)n1c(-c2ccc(-n3cncn3)nc2)cc2ccc(OCc3ccccc3)cc21. The number of carbonyl (C=O) groups is 1. The highest BCUT2D eigenvalue weighted by molar-refractivity contribution is 5.96. The van der Waals surface area contributed by atoms with Crippen LogP contribution in [0.4, 0.5) is 4.79 Å². The van der Waals surface area contributed by atoms with Gasteiger partial charge in [-0.3, -0.25) is 0 Å². The van der Waals surface area contributed by atoms with Gasteiger partial charge in [-0.2, -0.15) is 5.10 Å². The highest BCUT2D eigenvalue weighted by Gasteiger charge is 2.17. The Morgan fingerprint density at radius 1 is 1.03 bits per heavy atom. The van der Waals surface area contributed by atoms with Crippen LogP contribution in [-0.4, -0.2) is 35.5 Å². The Balaban J connectivity index is 1.50. The first-order valence-corrected chi connectivity index (χ1v) is 9.56. The number of aromatic nitrogens is 5. The van der Waals surface area contributed by atoms with Crippen LogP contribution in [0, 0.1) is 0 Å². The lowest BCUT2D eigenvalue weighted by Gasteiger charge is -2.08. The van der Waals surface area contributed by atoms with Crippen molar-refractivity contribution in [1.82, 2.24) is 24.3 Å². The predicted octanol–water partition coefficient (Wildman–Crippen LogP) is 4.39. The van der Waals surface area contributed by atoms with Gasteiger partial charge in [0, 0.05) is 23.2 Å². The minimum atomic E-state index is -1.08. The van der Waals surface area contributed by atoms with Crippen LogP contribution < -0.4 is 4.74 Å². The van der Waals surface area contributed by atoms with Gasteiger partial charge < -0.3 is 9.84 Å². The van der Waals surface area contributed by atoms with Crippen LogP contribution in [0.1, 0.15) is 5.56 Å². The average molecular weight is 411 g/mol. The lowest BCUT2D eigenvalue weighted by molar-refractivity contribution is 0.198. The van der Waals surface area contributed by atoms with Gasteiger partial charge in [0.2, 0.25) is 0 Å². The van der Waals surface area contributed by atoms with Gasteiger partial charge >= 0.3 is 6.09 Å². The second-order valence-electron chi connectivity index (χ2n) is 6.89. The fraction of sp³-hybridized carbons (Fsp3) is 0.0435. The first-order valence-electron chi connectivity index (χ1n) is 9.56. The van der Waals surface area contributed by atoms with Crippen molar-refractivity contribution < 1.29 is 14.6 Å². The molecule has 5 aromatic rings. The second-order valence-corrected chi connectivity index (χ2v) is 6.89. The Kier molecular flexibility index (Phi) is 4.64. The molecule has 0 fully saturated rings. The molecule has 5 rings (SSSR count). The van der Waals surface area contributed by atoms with E-state index in [0.29, 0.717) is 34.9 Å². The molecule has 0 bridgehead atoms. The molecule has 0 saturated carbocycles. The summed E-state index contributed by atoms with van der Waals surface area (Å²) >= 11 is 0. The summed E-state index contributed by atoms with van der Waals surface area (Å²) < 4.78 is 8.65. The molecule has 31 heavy (non-hydrogen) atoms. The normalized spacial score (nSPS) is 11.0. The lowest BCUT2D eigenvalue weighted by atomic mass is 10.2. The number of carboxylic acid groups (broad SMARTS) is 1. The zero-order valence-corrected chi connectivity index (χ0v) is 16.3. The van der Waals surface area contributed by atoms with Gasteiger partial charge in [-0.15, -0.1) is 0 Å². The Labute approximate surface area is 177 Å². The van der Waals surface area contributed by atoms with Crippen molar-refractivity contribution in [3.05, 3.63) is 91.1 Å². The van der Waals surface area contributed by atoms with E-state index in [0.717, 1.165) is 10.9 Å². The van der Waals surface area contributed by atoms with E-state index < -0.39 is 6.09 Å². The molecule has 0 radical (unpaired) electrons. The summed E-state index contributed by atoms with van der Waals surface area (Å²) in [5.74, 6) is 1.19. The van der Waals surface area contributed by atoms with Crippen molar-refractivity contribution in [3.63, 3.8) is 0 Å². The summed E-state index contributed by atoms with van der Waals surface area (Å²) in [6, 6.07) is 20.7. The maximum atomic E-state index is 12.1. The minimum Gasteiger partial charge on any atom is -0.489 e. The molecule has 8 heteroatoms. The van der Waals surface area contributed by atoms with Crippen LogP contribution in [-0.2, 0) is 6.61 Å². The van der Waals surface area contributed by atoms with Gasteiger partial charge in [-0.25, -0.2) is 24.0 Å². The molecule has 0 atom stereocenters. The van der Waals surface area contributed by atoms with E-state index in [2.05, 4.69) is 15.1 Å². The van der Waals surface area contributed by atoms with Crippen LogP contribution >= 0.6 is 0 Å². The number of fused-ring (bicyclic) bond motifs is 1. The van der Waals surface area contributed by atoms with Crippen LogP contribution in [0.25, 0.3) is 28.0 Å². The summed E-state index contributed by atoms with van der Waals surface area (Å²) in [4.78, 5) is 20.4. The molecule has 0 amide bonds. The summed E-state index contributed by atoms with van der Waals surface area (Å²) in [6.07, 6.45) is 3.52. The summed E-state index contributed by atoms with van der Waals surface area (Å²) in [5.41, 5.74) is 2.79. The molecule has 3 aromatic heterocycles. The second kappa shape index (κ2) is 7.75. The number of hydrogen-bond donors (Lipinski definition) is 1. The third-order valence-corrected chi connectivity index (χ3v) is 4.91. The Morgan fingerprint density at radius 2 is 1.90 bits per heavy atom. The summed E-state index contributed by atoms with van der Waals surface area (Å²) in [6.45, 7) is 0.403. The molecule has 0 saturated heterocycles. The standard InChI is InChI=1S/C23H17N5O3/c29-23(30)28-20(18-7-9-22(25-12-18)27-15-24-14-26-27)10-17-6-8-19(11-21(17)28)31-13-16-4-2-1-3-5-16/h1-12,14-15H,13H2,(H,29,30).